The van der Waals surface area contributed by atoms with Crippen molar-refractivity contribution >= 4 is 17.3 Å². The van der Waals surface area contributed by atoms with Crippen molar-refractivity contribution in [2.24, 2.45) is 0 Å². The molecule has 1 unspecified atom stereocenters. The molecule has 1 fully saturated rings. The Labute approximate surface area is 99.7 Å². The second kappa shape index (κ2) is 5.51. The molecule has 0 saturated carbocycles. The van der Waals surface area contributed by atoms with Crippen molar-refractivity contribution in [2.45, 2.75) is 25.4 Å². The van der Waals surface area contributed by atoms with Gasteiger partial charge in [0.15, 0.2) is 0 Å². The minimum absolute atomic E-state index is 0.148. The molecule has 0 bridgehead atoms. The summed E-state index contributed by atoms with van der Waals surface area (Å²) in [5.41, 5.74) is 0.834. The first-order valence-electron chi connectivity index (χ1n) is 5.56. The number of rotatable bonds is 3. The lowest BCUT2D eigenvalue weighted by atomic mass is 10.1. The monoisotopic (exact) mass is 243 g/mol. The highest BCUT2D eigenvalue weighted by Crippen LogP contribution is 2.20. The first-order valence-corrected chi connectivity index (χ1v) is 5.94. The van der Waals surface area contributed by atoms with Gasteiger partial charge in [0.25, 0.3) is 0 Å². The van der Waals surface area contributed by atoms with Gasteiger partial charge in [0.2, 0.25) is 0 Å². The number of ether oxygens (including phenoxy) is 1. The maximum absolute atomic E-state index is 12.9. The molecule has 1 aliphatic rings. The molecule has 4 heteroatoms. The summed E-state index contributed by atoms with van der Waals surface area (Å²) in [7, 11) is 0. The van der Waals surface area contributed by atoms with Crippen LogP contribution in [0.3, 0.4) is 0 Å². The number of hydrogen-bond acceptors (Lipinski definition) is 2. The van der Waals surface area contributed by atoms with Crippen LogP contribution in [0.1, 0.15) is 19.3 Å². The van der Waals surface area contributed by atoms with Gasteiger partial charge in [0.1, 0.15) is 5.82 Å². The Kier molecular flexibility index (Phi) is 4.02. The van der Waals surface area contributed by atoms with E-state index in [9.17, 15) is 4.39 Å². The molecule has 1 aromatic carbocycles. The summed E-state index contributed by atoms with van der Waals surface area (Å²) in [5.74, 6) is -0.388. The Morgan fingerprint density at radius 1 is 1.44 bits per heavy atom. The van der Waals surface area contributed by atoms with Gasteiger partial charge in [0.05, 0.1) is 11.1 Å². The number of benzene rings is 1. The van der Waals surface area contributed by atoms with E-state index in [1.165, 1.54) is 12.5 Å². The van der Waals surface area contributed by atoms with Crippen LogP contribution in [-0.4, -0.2) is 19.3 Å². The Bertz CT molecular complexity index is 353. The topological polar surface area (TPSA) is 21.3 Å². The van der Waals surface area contributed by atoms with Crippen molar-refractivity contribution < 1.29 is 9.13 Å². The fraction of sp³-hybridized carbons (Fsp3) is 0.500. The quantitative estimate of drug-likeness (QED) is 0.878. The van der Waals surface area contributed by atoms with E-state index in [-0.39, 0.29) is 16.9 Å². The van der Waals surface area contributed by atoms with Gasteiger partial charge >= 0.3 is 0 Å². The van der Waals surface area contributed by atoms with Crippen molar-refractivity contribution in [3.8, 4) is 0 Å². The van der Waals surface area contributed by atoms with Crippen molar-refractivity contribution in [1.82, 2.24) is 0 Å². The van der Waals surface area contributed by atoms with Gasteiger partial charge in [-0.15, -0.1) is 0 Å². The molecule has 2 nitrogen and oxygen atoms in total. The summed E-state index contributed by atoms with van der Waals surface area (Å²) in [6, 6.07) is 4.65. The Balaban J connectivity index is 1.86. The second-order valence-corrected chi connectivity index (χ2v) is 4.41. The van der Waals surface area contributed by atoms with E-state index >= 15 is 0 Å². The summed E-state index contributed by atoms with van der Waals surface area (Å²) in [5, 5.41) is 3.35. The molecule has 16 heavy (non-hydrogen) atoms. The van der Waals surface area contributed by atoms with Gasteiger partial charge in [-0.3, -0.25) is 0 Å². The molecule has 1 aromatic rings. The first-order chi connectivity index (χ1) is 7.75. The Morgan fingerprint density at radius 3 is 3.00 bits per heavy atom. The lowest BCUT2D eigenvalue weighted by molar-refractivity contribution is 0.0247. The molecule has 0 aliphatic carbocycles. The lowest BCUT2D eigenvalue weighted by Crippen LogP contribution is -2.26. The third kappa shape index (κ3) is 3.09. The highest BCUT2D eigenvalue weighted by molar-refractivity contribution is 6.31. The highest BCUT2D eigenvalue weighted by Gasteiger charge is 2.13. The highest BCUT2D eigenvalue weighted by atomic mass is 35.5. The van der Waals surface area contributed by atoms with Gasteiger partial charge in [0, 0.05) is 18.8 Å². The molecule has 1 aliphatic heterocycles. The largest absolute Gasteiger partial charge is 0.382 e. The van der Waals surface area contributed by atoms with Crippen LogP contribution in [0.15, 0.2) is 18.2 Å². The van der Waals surface area contributed by atoms with E-state index in [2.05, 4.69) is 5.32 Å². The van der Waals surface area contributed by atoms with Crippen LogP contribution in [-0.2, 0) is 4.74 Å². The molecule has 0 spiro atoms. The van der Waals surface area contributed by atoms with Crippen LogP contribution in [0.4, 0.5) is 10.1 Å². The van der Waals surface area contributed by atoms with Crippen LogP contribution in [0, 0.1) is 5.82 Å². The van der Waals surface area contributed by atoms with E-state index in [0.29, 0.717) is 0 Å². The Morgan fingerprint density at radius 2 is 2.31 bits per heavy atom. The van der Waals surface area contributed by atoms with E-state index in [4.69, 9.17) is 16.3 Å². The van der Waals surface area contributed by atoms with Crippen LogP contribution >= 0.6 is 11.6 Å². The van der Waals surface area contributed by atoms with Crippen LogP contribution in [0.2, 0.25) is 5.02 Å². The smallest absolute Gasteiger partial charge is 0.141 e. The zero-order valence-corrected chi connectivity index (χ0v) is 9.77. The summed E-state index contributed by atoms with van der Waals surface area (Å²) >= 11 is 5.69. The van der Waals surface area contributed by atoms with Crippen molar-refractivity contribution in [1.29, 1.82) is 0 Å². The van der Waals surface area contributed by atoms with Crippen LogP contribution < -0.4 is 5.32 Å². The minimum atomic E-state index is -0.388. The lowest BCUT2D eigenvalue weighted by Gasteiger charge is -2.23. The normalized spacial score (nSPS) is 20.8. The molecule has 1 atom stereocenters. The maximum atomic E-state index is 12.9. The molecule has 0 radical (unpaired) electrons. The van der Waals surface area contributed by atoms with Crippen LogP contribution in [0.5, 0.6) is 0 Å². The summed E-state index contributed by atoms with van der Waals surface area (Å²) in [6.07, 6.45) is 3.72. The van der Waals surface area contributed by atoms with E-state index in [1.807, 2.05) is 0 Å². The molecule has 1 heterocycles. The SMILES string of the molecule is Fc1ccc(NCC2CCCCO2)cc1Cl. The number of nitrogens with one attached hydrogen (secondary N) is 1. The van der Waals surface area contributed by atoms with Crippen molar-refractivity contribution in [2.75, 3.05) is 18.5 Å². The third-order valence-corrected chi connectivity index (χ3v) is 3.02. The molecule has 0 amide bonds. The fourth-order valence-corrected chi connectivity index (χ4v) is 1.99. The van der Waals surface area contributed by atoms with Gasteiger partial charge in [-0.2, -0.15) is 0 Å². The molecule has 88 valence electrons. The van der Waals surface area contributed by atoms with Gasteiger partial charge in [-0.1, -0.05) is 11.6 Å². The molecular formula is C12H15ClFNO. The van der Waals surface area contributed by atoms with E-state index < -0.39 is 0 Å². The molecule has 2 rings (SSSR count). The van der Waals surface area contributed by atoms with Gasteiger partial charge in [-0.05, 0) is 37.5 Å². The summed E-state index contributed by atoms with van der Waals surface area (Å²) < 4.78 is 18.5. The van der Waals surface area contributed by atoms with Crippen LogP contribution in [0.25, 0.3) is 0 Å². The summed E-state index contributed by atoms with van der Waals surface area (Å²) in [6.45, 7) is 1.60. The zero-order valence-electron chi connectivity index (χ0n) is 9.01. The number of hydrogen-bond donors (Lipinski definition) is 1. The number of halogens is 2. The van der Waals surface area contributed by atoms with E-state index in [0.717, 1.165) is 31.7 Å². The van der Waals surface area contributed by atoms with Gasteiger partial charge < -0.3 is 10.1 Å². The maximum Gasteiger partial charge on any atom is 0.141 e. The molecule has 1 saturated heterocycles. The zero-order chi connectivity index (χ0) is 11.4. The Hall–Kier alpha value is -0.800. The predicted molar refractivity (Wildman–Crippen MR) is 63.5 cm³/mol. The molecule has 1 N–H and O–H groups in total. The third-order valence-electron chi connectivity index (χ3n) is 2.73. The minimum Gasteiger partial charge on any atom is -0.382 e. The first kappa shape index (κ1) is 11.7. The molecule has 0 aromatic heterocycles. The second-order valence-electron chi connectivity index (χ2n) is 4.00. The fourth-order valence-electron chi connectivity index (χ4n) is 1.81. The standard InChI is InChI=1S/C12H15ClFNO/c13-11-7-9(4-5-12(11)14)15-8-10-3-1-2-6-16-10/h4-5,7,10,15H,1-3,6,8H2. The number of anilines is 1. The predicted octanol–water partition coefficient (Wildman–Crippen LogP) is 3.46. The van der Waals surface area contributed by atoms with Gasteiger partial charge in [-0.25, -0.2) is 4.39 Å². The average Bonchev–Trinajstić information content (AvgIpc) is 2.32. The molecular weight excluding hydrogens is 229 g/mol. The van der Waals surface area contributed by atoms with E-state index in [1.54, 1.807) is 12.1 Å². The van der Waals surface area contributed by atoms with Crippen molar-refractivity contribution in [3.05, 3.63) is 29.0 Å². The average molecular weight is 244 g/mol. The summed E-state index contributed by atoms with van der Waals surface area (Å²) in [4.78, 5) is 0. The van der Waals surface area contributed by atoms with Crippen molar-refractivity contribution in [3.63, 3.8) is 0 Å².